The predicted octanol–water partition coefficient (Wildman–Crippen LogP) is -0.326. The van der Waals surface area contributed by atoms with E-state index in [1.807, 2.05) is 13.8 Å². The first-order valence-electron chi connectivity index (χ1n) is 4.67. The Hall–Kier alpha value is -0.620. The van der Waals surface area contributed by atoms with Crippen LogP contribution in [0.25, 0.3) is 0 Å². The molecule has 1 amide bonds. The molecule has 6 heteroatoms. The standard InChI is InChI=1S/C8H16N2O3S/c1-3-6(2)10-5-7(4-8(10)11)14(9,12)13/h6-7H,3-5H2,1-2H3,(H2,9,12,13). The van der Waals surface area contributed by atoms with E-state index >= 15 is 0 Å². The van der Waals surface area contributed by atoms with Gasteiger partial charge in [-0.3, -0.25) is 4.79 Å². The van der Waals surface area contributed by atoms with Gasteiger partial charge >= 0.3 is 0 Å². The summed E-state index contributed by atoms with van der Waals surface area (Å²) in [7, 11) is -3.57. The lowest BCUT2D eigenvalue weighted by Crippen LogP contribution is -2.36. The van der Waals surface area contributed by atoms with Crippen LogP contribution in [-0.4, -0.2) is 37.1 Å². The van der Waals surface area contributed by atoms with E-state index in [1.54, 1.807) is 4.90 Å². The summed E-state index contributed by atoms with van der Waals surface area (Å²) in [6, 6.07) is 0.0919. The van der Waals surface area contributed by atoms with Crippen LogP contribution in [0.2, 0.25) is 0 Å². The molecule has 0 aromatic rings. The maximum Gasteiger partial charge on any atom is 0.224 e. The zero-order valence-corrected chi connectivity index (χ0v) is 9.25. The van der Waals surface area contributed by atoms with Crippen LogP contribution in [0.1, 0.15) is 26.7 Å². The highest BCUT2D eigenvalue weighted by atomic mass is 32.2. The van der Waals surface area contributed by atoms with Gasteiger partial charge in [-0.15, -0.1) is 0 Å². The number of nitrogens with two attached hydrogens (primary N) is 1. The van der Waals surface area contributed by atoms with Crippen molar-refractivity contribution < 1.29 is 13.2 Å². The van der Waals surface area contributed by atoms with Gasteiger partial charge in [0.15, 0.2) is 0 Å². The Bertz CT molecular complexity index is 325. The largest absolute Gasteiger partial charge is 0.339 e. The summed E-state index contributed by atoms with van der Waals surface area (Å²) in [6.07, 6.45) is 0.853. The maximum absolute atomic E-state index is 11.4. The normalized spacial score (nSPS) is 25.5. The number of rotatable bonds is 3. The summed E-state index contributed by atoms with van der Waals surface area (Å²) < 4.78 is 22.1. The molecule has 5 nitrogen and oxygen atoms in total. The second-order valence-electron chi connectivity index (χ2n) is 3.72. The Kier molecular flexibility index (Phi) is 3.16. The van der Waals surface area contributed by atoms with Crippen molar-refractivity contribution in [3.63, 3.8) is 0 Å². The van der Waals surface area contributed by atoms with E-state index in [2.05, 4.69) is 0 Å². The number of amides is 1. The summed E-state index contributed by atoms with van der Waals surface area (Å²) in [6.45, 7) is 4.11. The summed E-state index contributed by atoms with van der Waals surface area (Å²) >= 11 is 0. The number of nitrogens with zero attached hydrogens (tertiary/aromatic N) is 1. The van der Waals surface area contributed by atoms with E-state index in [-0.39, 0.29) is 24.9 Å². The number of carbonyl (C=O) groups is 1. The minimum atomic E-state index is -3.57. The molecule has 2 unspecified atom stereocenters. The molecule has 1 saturated heterocycles. The van der Waals surface area contributed by atoms with Crippen LogP contribution < -0.4 is 5.14 Å². The molecule has 0 aromatic carbocycles. The molecule has 1 aliphatic heterocycles. The molecule has 0 bridgehead atoms. The molecule has 0 aromatic heterocycles. The second-order valence-corrected chi connectivity index (χ2v) is 5.56. The van der Waals surface area contributed by atoms with Crippen LogP contribution in [0.4, 0.5) is 0 Å². The number of primary sulfonamides is 1. The fraction of sp³-hybridized carbons (Fsp3) is 0.875. The number of hydrogen-bond acceptors (Lipinski definition) is 3. The average Bonchev–Trinajstić information content (AvgIpc) is 2.45. The quantitative estimate of drug-likeness (QED) is 0.707. The van der Waals surface area contributed by atoms with Crippen LogP contribution in [0.15, 0.2) is 0 Å². The fourth-order valence-electron chi connectivity index (χ4n) is 1.56. The van der Waals surface area contributed by atoms with Crippen molar-refractivity contribution in [2.45, 2.75) is 38.0 Å². The lowest BCUT2D eigenvalue weighted by molar-refractivity contribution is -0.129. The Labute approximate surface area is 84.3 Å². The van der Waals surface area contributed by atoms with E-state index in [9.17, 15) is 13.2 Å². The van der Waals surface area contributed by atoms with Gasteiger partial charge in [0, 0.05) is 19.0 Å². The van der Waals surface area contributed by atoms with E-state index in [1.165, 1.54) is 0 Å². The van der Waals surface area contributed by atoms with E-state index in [0.29, 0.717) is 0 Å². The minimum Gasteiger partial charge on any atom is -0.339 e. The van der Waals surface area contributed by atoms with E-state index in [0.717, 1.165) is 6.42 Å². The zero-order valence-electron chi connectivity index (χ0n) is 8.43. The first-order chi connectivity index (χ1) is 6.36. The predicted molar refractivity (Wildman–Crippen MR) is 53.0 cm³/mol. The molecule has 2 atom stereocenters. The smallest absolute Gasteiger partial charge is 0.224 e. The van der Waals surface area contributed by atoms with Crippen molar-refractivity contribution in [1.82, 2.24) is 4.90 Å². The molecule has 1 aliphatic rings. The van der Waals surface area contributed by atoms with Crippen molar-refractivity contribution in [3.05, 3.63) is 0 Å². The third kappa shape index (κ3) is 2.24. The van der Waals surface area contributed by atoms with Crippen LogP contribution in [0, 0.1) is 0 Å². The average molecular weight is 220 g/mol. The van der Waals surface area contributed by atoms with Crippen molar-refractivity contribution in [2.75, 3.05) is 6.54 Å². The SMILES string of the molecule is CCC(C)N1CC(S(N)(=O)=O)CC1=O. The number of likely N-dealkylation sites (tertiary alicyclic amines) is 1. The second kappa shape index (κ2) is 3.86. The summed E-state index contributed by atoms with van der Waals surface area (Å²) in [5, 5.41) is 4.28. The molecule has 14 heavy (non-hydrogen) atoms. The molecule has 1 rings (SSSR count). The molecule has 0 spiro atoms. The zero-order chi connectivity index (χ0) is 10.9. The Balaban J connectivity index is 2.75. The molecule has 0 saturated carbocycles. The van der Waals surface area contributed by atoms with Gasteiger partial charge in [-0.1, -0.05) is 6.92 Å². The van der Waals surface area contributed by atoms with Gasteiger partial charge in [0.2, 0.25) is 15.9 Å². The molecule has 82 valence electrons. The topological polar surface area (TPSA) is 80.5 Å². The molecular formula is C8H16N2O3S. The molecule has 0 aliphatic carbocycles. The molecular weight excluding hydrogens is 204 g/mol. The number of carbonyl (C=O) groups excluding carboxylic acids is 1. The minimum absolute atomic E-state index is 0.0309. The highest BCUT2D eigenvalue weighted by molar-refractivity contribution is 7.89. The van der Waals surface area contributed by atoms with Gasteiger partial charge in [0.25, 0.3) is 0 Å². The first kappa shape index (κ1) is 11.5. The molecule has 0 radical (unpaired) electrons. The van der Waals surface area contributed by atoms with E-state index < -0.39 is 15.3 Å². The van der Waals surface area contributed by atoms with Crippen LogP contribution in [-0.2, 0) is 14.8 Å². The monoisotopic (exact) mass is 220 g/mol. The summed E-state index contributed by atoms with van der Waals surface area (Å²) in [5.74, 6) is -0.113. The summed E-state index contributed by atoms with van der Waals surface area (Å²) in [4.78, 5) is 13.0. The van der Waals surface area contributed by atoms with Gasteiger partial charge in [-0.05, 0) is 13.3 Å². The Morgan fingerprint density at radius 2 is 2.21 bits per heavy atom. The van der Waals surface area contributed by atoms with Gasteiger partial charge in [0.05, 0.1) is 0 Å². The van der Waals surface area contributed by atoms with Crippen LogP contribution >= 0.6 is 0 Å². The molecule has 2 N–H and O–H groups in total. The van der Waals surface area contributed by atoms with Gasteiger partial charge in [-0.2, -0.15) is 0 Å². The highest BCUT2D eigenvalue weighted by Gasteiger charge is 2.37. The number of sulfonamides is 1. The lowest BCUT2D eigenvalue weighted by Gasteiger charge is -2.23. The molecule has 1 heterocycles. The lowest BCUT2D eigenvalue weighted by atomic mass is 10.2. The number of hydrogen-bond donors (Lipinski definition) is 1. The third-order valence-electron chi connectivity index (χ3n) is 2.71. The van der Waals surface area contributed by atoms with Crippen LogP contribution in [0.5, 0.6) is 0 Å². The first-order valence-corrected chi connectivity index (χ1v) is 6.28. The third-order valence-corrected chi connectivity index (χ3v) is 3.96. The molecule has 1 fully saturated rings. The fourth-order valence-corrected chi connectivity index (χ4v) is 2.31. The van der Waals surface area contributed by atoms with Gasteiger partial charge in [-0.25, -0.2) is 13.6 Å². The highest BCUT2D eigenvalue weighted by Crippen LogP contribution is 2.19. The Morgan fingerprint density at radius 1 is 1.64 bits per heavy atom. The van der Waals surface area contributed by atoms with Gasteiger partial charge in [0.1, 0.15) is 5.25 Å². The van der Waals surface area contributed by atoms with Gasteiger partial charge < -0.3 is 4.90 Å². The van der Waals surface area contributed by atoms with E-state index in [4.69, 9.17) is 5.14 Å². The van der Waals surface area contributed by atoms with Crippen molar-refractivity contribution >= 4 is 15.9 Å². The van der Waals surface area contributed by atoms with Crippen molar-refractivity contribution in [1.29, 1.82) is 0 Å². The van der Waals surface area contributed by atoms with Crippen LogP contribution in [0.3, 0.4) is 0 Å². The summed E-state index contributed by atoms with van der Waals surface area (Å²) in [5.41, 5.74) is 0. The van der Waals surface area contributed by atoms with Crippen molar-refractivity contribution in [3.8, 4) is 0 Å². The maximum atomic E-state index is 11.4. The Morgan fingerprint density at radius 3 is 2.57 bits per heavy atom. The van der Waals surface area contributed by atoms with Crippen molar-refractivity contribution in [2.24, 2.45) is 5.14 Å².